The van der Waals surface area contributed by atoms with Gasteiger partial charge in [0.2, 0.25) is 0 Å². The Morgan fingerprint density at radius 2 is 1.94 bits per heavy atom. The van der Waals surface area contributed by atoms with Gasteiger partial charge in [0.05, 0.1) is 0 Å². The van der Waals surface area contributed by atoms with Crippen molar-refractivity contribution in [2.45, 2.75) is 4.90 Å². The molecule has 0 saturated heterocycles. The zero-order chi connectivity index (χ0) is 12.5. The van der Waals surface area contributed by atoms with Gasteiger partial charge in [-0.2, -0.15) is 8.42 Å². The van der Waals surface area contributed by atoms with Gasteiger partial charge in [0.15, 0.2) is 5.75 Å². The number of hydrogen-bond donors (Lipinski definition) is 4. The van der Waals surface area contributed by atoms with E-state index in [0.29, 0.717) is 0 Å². The van der Waals surface area contributed by atoms with Crippen molar-refractivity contribution in [3.8, 4) is 5.75 Å². The van der Waals surface area contributed by atoms with Crippen LogP contribution in [0.25, 0.3) is 0 Å². The van der Waals surface area contributed by atoms with Crippen LogP contribution in [-0.2, 0) is 10.1 Å². The van der Waals surface area contributed by atoms with E-state index in [1.165, 1.54) is 0 Å². The molecule has 0 radical (unpaired) electrons. The molecule has 5 N–H and O–H groups in total. The lowest BCUT2D eigenvalue weighted by atomic mass is 10.2. The Bertz CT molecular complexity index is 536. The van der Waals surface area contributed by atoms with E-state index in [-0.39, 0.29) is 5.69 Å². The first-order valence-corrected chi connectivity index (χ1v) is 5.17. The number of carbonyl (C=O) groups is 1. The fourth-order valence-electron chi connectivity index (χ4n) is 1.10. The number of nitrogen functional groups attached to an aromatic ring is 1. The van der Waals surface area contributed by atoms with Gasteiger partial charge in [-0.3, -0.25) is 4.55 Å². The van der Waals surface area contributed by atoms with Crippen molar-refractivity contribution in [2.75, 3.05) is 5.73 Å². The molecular weight excluding hydrogens is 242 g/mol. The van der Waals surface area contributed by atoms with Gasteiger partial charge < -0.3 is 15.7 Å². The van der Waals surface area contributed by atoms with Gasteiger partial charge in [-0.25, -0.2) is 10.1 Å². The monoisotopic (exact) mass is 249 g/mol. The molecule has 0 heterocycles. The quantitative estimate of drug-likeness (QED) is 0.254. The first-order valence-electron chi connectivity index (χ1n) is 3.73. The molecular formula is C7H7NO7S. The molecule has 0 aromatic heterocycles. The fraction of sp³-hybridized carbons (Fsp3) is 0. The summed E-state index contributed by atoms with van der Waals surface area (Å²) in [5.41, 5.74) is 4.14. The maximum absolute atomic E-state index is 10.9. The maximum Gasteiger partial charge on any atom is 0.341 e. The number of carboxylic acids is 1. The molecule has 1 rings (SSSR count). The molecule has 88 valence electrons. The van der Waals surface area contributed by atoms with Crippen LogP contribution in [0.15, 0.2) is 17.0 Å². The van der Waals surface area contributed by atoms with E-state index in [2.05, 4.69) is 4.89 Å². The second-order valence-corrected chi connectivity index (χ2v) is 4.15. The molecule has 0 aliphatic rings. The molecule has 16 heavy (non-hydrogen) atoms. The SMILES string of the molecule is Nc1cc(OO)c(C(=O)O)c(S(=O)(=O)O)c1. The third-order valence-electron chi connectivity index (χ3n) is 1.68. The van der Waals surface area contributed by atoms with Gasteiger partial charge in [0.1, 0.15) is 10.5 Å². The van der Waals surface area contributed by atoms with E-state index in [1.807, 2.05) is 0 Å². The molecule has 1 aromatic rings. The van der Waals surface area contributed by atoms with E-state index < -0.39 is 32.3 Å². The average molecular weight is 249 g/mol. The summed E-state index contributed by atoms with van der Waals surface area (Å²) in [7, 11) is -4.79. The lowest BCUT2D eigenvalue weighted by Crippen LogP contribution is -2.11. The Balaban J connectivity index is 3.71. The number of hydrogen-bond acceptors (Lipinski definition) is 6. The molecule has 9 heteroatoms. The van der Waals surface area contributed by atoms with Crippen LogP contribution in [0.3, 0.4) is 0 Å². The van der Waals surface area contributed by atoms with Crippen molar-refractivity contribution in [3.05, 3.63) is 17.7 Å². The zero-order valence-electron chi connectivity index (χ0n) is 7.61. The normalized spacial score (nSPS) is 11.1. The van der Waals surface area contributed by atoms with Crippen LogP contribution in [0.4, 0.5) is 5.69 Å². The van der Waals surface area contributed by atoms with Crippen molar-refractivity contribution in [3.63, 3.8) is 0 Å². The van der Waals surface area contributed by atoms with Gasteiger partial charge in [-0.05, 0) is 6.07 Å². The summed E-state index contributed by atoms with van der Waals surface area (Å²) in [6.45, 7) is 0. The van der Waals surface area contributed by atoms with Crippen LogP contribution in [0.1, 0.15) is 10.4 Å². The summed E-state index contributed by atoms with van der Waals surface area (Å²) in [5.74, 6) is -2.38. The maximum atomic E-state index is 10.9. The number of carboxylic acid groups (broad SMARTS) is 1. The summed E-state index contributed by atoms with van der Waals surface area (Å²) in [4.78, 5) is 13.5. The molecule has 1 aromatic carbocycles. The Labute approximate surface area is 89.6 Å². The summed E-state index contributed by atoms with van der Waals surface area (Å²) < 4.78 is 30.5. The third kappa shape index (κ3) is 2.21. The Hall–Kier alpha value is -1.84. The highest BCUT2D eigenvalue weighted by atomic mass is 32.2. The van der Waals surface area contributed by atoms with E-state index >= 15 is 0 Å². The lowest BCUT2D eigenvalue weighted by molar-refractivity contribution is -0.138. The van der Waals surface area contributed by atoms with E-state index in [4.69, 9.17) is 20.7 Å². The fourth-order valence-corrected chi connectivity index (χ4v) is 1.83. The molecule has 0 saturated carbocycles. The lowest BCUT2D eigenvalue weighted by Gasteiger charge is -2.08. The molecule has 0 bridgehead atoms. The predicted octanol–water partition coefficient (Wildman–Crippen LogP) is 0.0655. The van der Waals surface area contributed by atoms with Crippen molar-refractivity contribution < 1.29 is 33.0 Å². The van der Waals surface area contributed by atoms with Crippen LogP contribution >= 0.6 is 0 Å². The van der Waals surface area contributed by atoms with Crippen LogP contribution in [0.2, 0.25) is 0 Å². The van der Waals surface area contributed by atoms with Crippen LogP contribution in [0, 0.1) is 0 Å². The zero-order valence-corrected chi connectivity index (χ0v) is 8.43. The van der Waals surface area contributed by atoms with Gasteiger partial charge >= 0.3 is 5.97 Å². The first kappa shape index (κ1) is 12.2. The van der Waals surface area contributed by atoms with Crippen molar-refractivity contribution in [2.24, 2.45) is 0 Å². The number of rotatable bonds is 3. The summed E-state index contributed by atoms with van der Waals surface area (Å²) in [6, 6.07) is 1.64. The standard InChI is InChI=1S/C7H7NO7S/c8-3-1-4(15-11)6(7(9)10)5(2-3)16(12,13)14/h1-2,11H,8H2,(H,9,10)(H,12,13,14). The highest BCUT2D eigenvalue weighted by Gasteiger charge is 2.26. The van der Waals surface area contributed by atoms with Crippen molar-refractivity contribution >= 4 is 21.8 Å². The number of benzene rings is 1. The molecule has 0 aliphatic carbocycles. The Morgan fingerprint density at radius 3 is 2.31 bits per heavy atom. The molecule has 0 amide bonds. The van der Waals surface area contributed by atoms with Crippen LogP contribution in [0.5, 0.6) is 5.75 Å². The van der Waals surface area contributed by atoms with E-state index in [9.17, 15) is 13.2 Å². The van der Waals surface area contributed by atoms with Gasteiger partial charge in [0, 0.05) is 11.8 Å². The van der Waals surface area contributed by atoms with Gasteiger partial charge in [0.25, 0.3) is 10.1 Å². The van der Waals surface area contributed by atoms with Crippen LogP contribution < -0.4 is 10.6 Å². The molecule has 0 atom stereocenters. The summed E-state index contributed by atoms with van der Waals surface area (Å²) in [6.07, 6.45) is 0. The number of nitrogens with two attached hydrogens (primary N) is 1. The Morgan fingerprint density at radius 1 is 1.38 bits per heavy atom. The van der Waals surface area contributed by atoms with Crippen molar-refractivity contribution in [1.29, 1.82) is 0 Å². The summed E-state index contributed by atoms with van der Waals surface area (Å²) in [5, 5.41) is 17.1. The first-order chi connectivity index (χ1) is 7.27. The number of anilines is 1. The van der Waals surface area contributed by atoms with E-state index in [0.717, 1.165) is 12.1 Å². The van der Waals surface area contributed by atoms with Crippen molar-refractivity contribution in [1.82, 2.24) is 0 Å². The second-order valence-electron chi connectivity index (χ2n) is 2.76. The predicted molar refractivity (Wildman–Crippen MR) is 50.9 cm³/mol. The highest BCUT2D eigenvalue weighted by molar-refractivity contribution is 7.86. The van der Waals surface area contributed by atoms with Gasteiger partial charge in [-0.15, -0.1) is 0 Å². The smallest absolute Gasteiger partial charge is 0.341 e. The minimum absolute atomic E-state index is 0.193. The van der Waals surface area contributed by atoms with E-state index in [1.54, 1.807) is 0 Å². The number of aromatic carboxylic acids is 1. The highest BCUT2D eigenvalue weighted by Crippen LogP contribution is 2.29. The minimum Gasteiger partial charge on any atom is -0.478 e. The summed E-state index contributed by atoms with van der Waals surface area (Å²) >= 11 is 0. The molecule has 0 fully saturated rings. The molecule has 0 aliphatic heterocycles. The molecule has 0 unspecified atom stereocenters. The third-order valence-corrected chi connectivity index (χ3v) is 2.56. The molecule has 0 spiro atoms. The van der Waals surface area contributed by atoms with Gasteiger partial charge in [-0.1, -0.05) is 0 Å². The minimum atomic E-state index is -4.79. The largest absolute Gasteiger partial charge is 0.478 e. The second kappa shape index (κ2) is 3.96. The average Bonchev–Trinajstić information content (AvgIpc) is 2.14. The Kier molecular flexibility index (Phi) is 3.03. The topological polar surface area (TPSA) is 147 Å². The van der Waals surface area contributed by atoms with Crippen LogP contribution in [-0.4, -0.2) is 29.3 Å². The molecule has 8 nitrogen and oxygen atoms in total.